The number of hydrogen-bond acceptors (Lipinski definition) is 4. The standard InChI is InChI=1S/C22H13BrClF4N3O3/c23-11-1-3-17(14(24)7-11)33-10-12-2-4-18(34-12)22(32)29-19-5-6-31(30-19)9-13-20(27)15(25)8-16(26)21(13)28/h1-8H,9-10H2,(H,29,30,32). The van der Waals surface area contributed by atoms with Crippen molar-refractivity contribution in [3.05, 3.63) is 98.5 Å². The Morgan fingerprint density at radius 2 is 1.82 bits per heavy atom. The summed E-state index contributed by atoms with van der Waals surface area (Å²) in [6.45, 7) is -0.576. The minimum absolute atomic E-state index is 0.0184. The van der Waals surface area contributed by atoms with Gasteiger partial charge >= 0.3 is 0 Å². The number of nitrogens with zero attached hydrogens (tertiary/aromatic N) is 2. The van der Waals surface area contributed by atoms with Crippen LogP contribution in [0.5, 0.6) is 5.75 Å². The van der Waals surface area contributed by atoms with Crippen LogP contribution in [-0.2, 0) is 13.2 Å². The molecule has 0 spiro atoms. The number of halogens is 6. The lowest BCUT2D eigenvalue weighted by Gasteiger charge is -2.07. The lowest BCUT2D eigenvalue weighted by molar-refractivity contribution is 0.0992. The first-order chi connectivity index (χ1) is 16.2. The molecule has 0 bridgehead atoms. The van der Waals surface area contributed by atoms with Crippen LogP contribution in [0.1, 0.15) is 21.9 Å². The van der Waals surface area contributed by atoms with Crippen LogP contribution in [0.25, 0.3) is 0 Å². The lowest BCUT2D eigenvalue weighted by Crippen LogP contribution is -2.13. The van der Waals surface area contributed by atoms with Crippen LogP contribution in [0, 0.1) is 23.3 Å². The van der Waals surface area contributed by atoms with Crippen molar-refractivity contribution in [3.8, 4) is 5.75 Å². The van der Waals surface area contributed by atoms with Gasteiger partial charge in [0.1, 0.15) is 18.1 Å². The van der Waals surface area contributed by atoms with Crippen molar-refractivity contribution in [2.24, 2.45) is 0 Å². The maximum absolute atomic E-state index is 13.9. The number of carbonyl (C=O) groups excluding carboxylic acids is 1. The average Bonchev–Trinajstić information content (AvgIpc) is 3.44. The molecule has 0 fully saturated rings. The quantitative estimate of drug-likeness (QED) is 0.213. The van der Waals surface area contributed by atoms with Gasteiger partial charge in [-0.05, 0) is 30.3 Å². The molecule has 1 amide bonds. The summed E-state index contributed by atoms with van der Waals surface area (Å²) < 4.78 is 67.3. The third kappa shape index (κ3) is 5.26. The van der Waals surface area contributed by atoms with E-state index in [4.69, 9.17) is 20.8 Å². The lowest BCUT2D eigenvalue weighted by atomic mass is 10.2. The number of anilines is 1. The summed E-state index contributed by atoms with van der Waals surface area (Å²) in [6, 6.07) is 9.54. The maximum Gasteiger partial charge on any atom is 0.292 e. The molecule has 2 aromatic heterocycles. The number of hydrogen-bond donors (Lipinski definition) is 1. The molecule has 4 aromatic rings. The zero-order valence-electron chi connectivity index (χ0n) is 16.9. The monoisotopic (exact) mass is 557 g/mol. The van der Waals surface area contributed by atoms with E-state index in [2.05, 4.69) is 26.3 Å². The van der Waals surface area contributed by atoms with Crippen molar-refractivity contribution in [1.82, 2.24) is 9.78 Å². The maximum atomic E-state index is 13.9. The number of furan rings is 1. The molecule has 34 heavy (non-hydrogen) atoms. The van der Waals surface area contributed by atoms with E-state index in [0.717, 1.165) is 9.15 Å². The van der Waals surface area contributed by atoms with Crippen molar-refractivity contribution in [2.75, 3.05) is 5.32 Å². The molecule has 0 aliphatic rings. The van der Waals surface area contributed by atoms with Gasteiger partial charge in [-0.1, -0.05) is 27.5 Å². The van der Waals surface area contributed by atoms with Gasteiger partial charge in [0.05, 0.1) is 17.1 Å². The minimum atomic E-state index is -1.52. The zero-order valence-corrected chi connectivity index (χ0v) is 19.3. The third-order valence-electron chi connectivity index (χ3n) is 4.55. The van der Waals surface area contributed by atoms with Gasteiger partial charge in [-0.3, -0.25) is 9.48 Å². The molecular formula is C22H13BrClF4N3O3. The summed E-state index contributed by atoms with van der Waals surface area (Å²) in [5.74, 6) is -5.95. The van der Waals surface area contributed by atoms with Gasteiger partial charge in [-0.2, -0.15) is 5.10 Å². The van der Waals surface area contributed by atoms with Gasteiger partial charge < -0.3 is 14.5 Å². The third-order valence-corrected chi connectivity index (χ3v) is 5.34. The molecule has 2 heterocycles. The first-order valence-corrected chi connectivity index (χ1v) is 10.7. The van der Waals surface area contributed by atoms with Crippen molar-refractivity contribution in [2.45, 2.75) is 13.2 Å². The van der Waals surface area contributed by atoms with Crippen molar-refractivity contribution >= 4 is 39.3 Å². The molecule has 2 aromatic carbocycles. The van der Waals surface area contributed by atoms with E-state index < -0.39 is 41.3 Å². The number of amides is 1. The van der Waals surface area contributed by atoms with E-state index in [1.54, 1.807) is 24.3 Å². The highest BCUT2D eigenvalue weighted by Crippen LogP contribution is 2.28. The molecule has 0 atom stereocenters. The zero-order chi connectivity index (χ0) is 24.4. The Labute approximate surface area is 203 Å². The summed E-state index contributed by atoms with van der Waals surface area (Å²) in [7, 11) is 0. The molecule has 176 valence electrons. The van der Waals surface area contributed by atoms with E-state index in [1.807, 2.05) is 0 Å². The Morgan fingerprint density at radius 1 is 1.09 bits per heavy atom. The Kier molecular flexibility index (Phi) is 6.94. The Hall–Kier alpha value is -3.31. The highest BCUT2D eigenvalue weighted by Gasteiger charge is 2.20. The molecule has 4 rings (SSSR count). The van der Waals surface area contributed by atoms with E-state index in [9.17, 15) is 22.4 Å². The first-order valence-electron chi connectivity index (χ1n) is 9.54. The molecule has 1 N–H and O–H groups in total. The van der Waals surface area contributed by atoms with Gasteiger partial charge in [-0.15, -0.1) is 0 Å². The van der Waals surface area contributed by atoms with Crippen LogP contribution in [0.2, 0.25) is 5.02 Å². The molecule has 12 heteroatoms. The van der Waals surface area contributed by atoms with Crippen molar-refractivity contribution in [1.29, 1.82) is 0 Å². The number of aromatic nitrogens is 2. The van der Waals surface area contributed by atoms with Crippen LogP contribution in [0.3, 0.4) is 0 Å². The number of benzene rings is 2. The van der Waals surface area contributed by atoms with Gasteiger partial charge in [-0.25, -0.2) is 17.6 Å². The summed E-state index contributed by atoms with van der Waals surface area (Å²) in [5, 5.41) is 6.78. The summed E-state index contributed by atoms with van der Waals surface area (Å²) in [5.41, 5.74) is -0.833. The Bertz CT molecular complexity index is 1350. The fourth-order valence-corrected chi connectivity index (χ4v) is 3.66. The molecule has 6 nitrogen and oxygen atoms in total. The van der Waals surface area contributed by atoms with E-state index >= 15 is 0 Å². The van der Waals surface area contributed by atoms with E-state index in [0.29, 0.717) is 16.5 Å². The first kappa shape index (κ1) is 23.8. The van der Waals surface area contributed by atoms with E-state index in [-0.39, 0.29) is 24.3 Å². The minimum Gasteiger partial charge on any atom is -0.484 e. The number of ether oxygens (including phenoxy) is 1. The summed E-state index contributed by atoms with van der Waals surface area (Å²) >= 11 is 9.39. The molecule has 0 aliphatic heterocycles. The van der Waals surface area contributed by atoms with Crippen LogP contribution < -0.4 is 10.1 Å². The molecule has 0 unspecified atom stereocenters. The highest BCUT2D eigenvalue weighted by atomic mass is 79.9. The second-order valence-electron chi connectivity index (χ2n) is 6.93. The van der Waals surface area contributed by atoms with Gasteiger partial charge in [0.2, 0.25) is 0 Å². The second-order valence-corrected chi connectivity index (χ2v) is 8.25. The molecule has 0 saturated carbocycles. The summed E-state index contributed by atoms with van der Waals surface area (Å²) in [4.78, 5) is 12.4. The van der Waals surface area contributed by atoms with Gasteiger partial charge in [0.15, 0.2) is 34.8 Å². The number of carbonyl (C=O) groups is 1. The summed E-state index contributed by atoms with van der Waals surface area (Å²) in [6.07, 6.45) is 1.28. The van der Waals surface area contributed by atoms with Crippen molar-refractivity contribution < 1.29 is 31.5 Å². The fraction of sp³-hybridized carbons (Fsp3) is 0.0909. The Morgan fingerprint density at radius 3 is 2.53 bits per heavy atom. The molecular weight excluding hydrogens is 546 g/mol. The number of rotatable bonds is 7. The second kappa shape index (κ2) is 9.90. The fourth-order valence-electron chi connectivity index (χ4n) is 2.94. The van der Waals surface area contributed by atoms with Crippen LogP contribution >= 0.6 is 27.5 Å². The normalized spacial score (nSPS) is 11.0. The van der Waals surface area contributed by atoms with E-state index in [1.165, 1.54) is 18.3 Å². The predicted octanol–water partition coefficient (Wildman–Crippen LogP) is 6.33. The predicted molar refractivity (Wildman–Crippen MR) is 118 cm³/mol. The van der Waals surface area contributed by atoms with Crippen LogP contribution in [0.15, 0.2) is 57.6 Å². The largest absolute Gasteiger partial charge is 0.484 e. The highest BCUT2D eigenvalue weighted by molar-refractivity contribution is 9.10. The molecule has 0 saturated heterocycles. The number of nitrogens with one attached hydrogen (secondary N) is 1. The van der Waals surface area contributed by atoms with Crippen LogP contribution in [-0.4, -0.2) is 15.7 Å². The molecule has 0 aliphatic carbocycles. The van der Waals surface area contributed by atoms with Gasteiger partial charge in [0, 0.05) is 22.8 Å². The topological polar surface area (TPSA) is 69.3 Å². The molecule has 0 radical (unpaired) electrons. The van der Waals surface area contributed by atoms with Crippen LogP contribution in [0.4, 0.5) is 23.4 Å². The Balaban J connectivity index is 1.39. The average molecular weight is 559 g/mol. The smallest absolute Gasteiger partial charge is 0.292 e. The van der Waals surface area contributed by atoms with Gasteiger partial charge in [0.25, 0.3) is 5.91 Å². The SMILES string of the molecule is O=C(Nc1ccn(Cc2c(F)c(F)cc(F)c2F)n1)c1ccc(COc2ccc(Br)cc2Cl)o1. The van der Waals surface area contributed by atoms with Crippen molar-refractivity contribution in [3.63, 3.8) is 0 Å².